The fourth-order valence-electron chi connectivity index (χ4n) is 1.21. The van der Waals surface area contributed by atoms with Crippen LogP contribution in [0.2, 0.25) is 5.02 Å². The summed E-state index contributed by atoms with van der Waals surface area (Å²) in [5, 5.41) is 11.3. The van der Waals surface area contributed by atoms with Crippen molar-refractivity contribution in [2.45, 2.75) is 23.6 Å². The van der Waals surface area contributed by atoms with E-state index in [1.165, 1.54) is 23.9 Å². The summed E-state index contributed by atoms with van der Waals surface area (Å²) in [7, 11) is 0. The fraction of sp³-hybridized carbons (Fsp3) is 0.308. The SMILES string of the molecule is C=CCSc1ccc(NC(=O)C(C)(O)C(F)(F)F)c(Cl)c1. The Hall–Kier alpha value is -1.18. The van der Waals surface area contributed by atoms with E-state index in [0.717, 1.165) is 4.90 Å². The summed E-state index contributed by atoms with van der Waals surface area (Å²) in [5.41, 5.74) is -3.50. The van der Waals surface area contributed by atoms with Gasteiger partial charge in [-0.3, -0.25) is 4.79 Å². The molecule has 0 bridgehead atoms. The summed E-state index contributed by atoms with van der Waals surface area (Å²) in [4.78, 5) is 12.3. The lowest BCUT2D eigenvalue weighted by molar-refractivity contribution is -0.242. The molecular formula is C13H13ClF3NO2S. The maximum Gasteiger partial charge on any atom is 0.426 e. The number of halogens is 4. The molecule has 116 valence electrons. The number of benzene rings is 1. The Balaban J connectivity index is 2.89. The van der Waals surface area contributed by atoms with Gasteiger partial charge in [-0.05, 0) is 25.1 Å². The molecule has 1 aromatic rings. The minimum atomic E-state index is -5.08. The second-order valence-electron chi connectivity index (χ2n) is 4.27. The van der Waals surface area contributed by atoms with Gasteiger partial charge >= 0.3 is 6.18 Å². The van der Waals surface area contributed by atoms with E-state index >= 15 is 0 Å². The predicted molar refractivity (Wildman–Crippen MR) is 77.7 cm³/mol. The van der Waals surface area contributed by atoms with Crippen LogP contribution in [0.1, 0.15) is 6.92 Å². The Labute approximate surface area is 129 Å². The first-order valence-corrected chi connectivity index (χ1v) is 7.09. The first-order valence-electron chi connectivity index (χ1n) is 5.73. The zero-order chi connectivity index (χ0) is 16.3. The van der Waals surface area contributed by atoms with Crippen LogP contribution in [0.15, 0.2) is 35.7 Å². The van der Waals surface area contributed by atoms with Crippen molar-refractivity contribution >= 4 is 35.0 Å². The lowest BCUT2D eigenvalue weighted by Crippen LogP contribution is -2.52. The Kier molecular flexibility index (Phi) is 5.72. The van der Waals surface area contributed by atoms with Crippen LogP contribution in [0.5, 0.6) is 0 Å². The number of aliphatic hydroxyl groups is 1. The van der Waals surface area contributed by atoms with E-state index in [2.05, 4.69) is 6.58 Å². The van der Waals surface area contributed by atoms with E-state index in [0.29, 0.717) is 12.7 Å². The van der Waals surface area contributed by atoms with Crippen molar-refractivity contribution in [2.24, 2.45) is 0 Å². The number of hydrogen-bond acceptors (Lipinski definition) is 3. The van der Waals surface area contributed by atoms with Crippen molar-refractivity contribution in [3.63, 3.8) is 0 Å². The smallest absolute Gasteiger partial charge is 0.373 e. The van der Waals surface area contributed by atoms with Crippen LogP contribution in [-0.2, 0) is 4.79 Å². The molecule has 0 radical (unpaired) electrons. The highest BCUT2D eigenvalue weighted by Crippen LogP contribution is 2.33. The summed E-state index contributed by atoms with van der Waals surface area (Å²) in [6, 6.07) is 4.48. The topological polar surface area (TPSA) is 49.3 Å². The molecule has 1 unspecified atom stereocenters. The van der Waals surface area contributed by atoms with Gasteiger partial charge < -0.3 is 10.4 Å². The lowest BCUT2D eigenvalue weighted by atomic mass is 10.1. The highest BCUT2D eigenvalue weighted by atomic mass is 35.5. The van der Waals surface area contributed by atoms with Crippen molar-refractivity contribution < 1.29 is 23.1 Å². The monoisotopic (exact) mass is 339 g/mol. The van der Waals surface area contributed by atoms with E-state index in [1.54, 1.807) is 12.1 Å². The summed E-state index contributed by atoms with van der Waals surface area (Å²) in [6.45, 7) is 3.94. The van der Waals surface area contributed by atoms with E-state index < -0.39 is 17.7 Å². The van der Waals surface area contributed by atoms with Crippen molar-refractivity contribution in [3.05, 3.63) is 35.9 Å². The summed E-state index contributed by atoms with van der Waals surface area (Å²) < 4.78 is 37.6. The number of carbonyl (C=O) groups excluding carboxylic acids is 1. The molecule has 2 N–H and O–H groups in total. The first kappa shape index (κ1) is 17.9. The summed E-state index contributed by atoms with van der Waals surface area (Å²) in [5.74, 6) is -0.950. The molecule has 1 aromatic carbocycles. The molecule has 0 aliphatic heterocycles. The van der Waals surface area contributed by atoms with Gasteiger partial charge in [-0.1, -0.05) is 17.7 Å². The maximum atomic E-state index is 12.5. The molecule has 0 spiro atoms. The molecule has 0 aliphatic carbocycles. The number of hydrogen-bond donors (Lipinski definition) is 2. The van der Waals surface area contributed by atoms with Crippen LogP contribution < -0.4 is 5.32 Å². The fourth-order valence-corrected chi connectivity index (χ4v) is 2.18. The maximum absolute atomic E-state index is 12.5. The normalized spacial score (nSPS) is 14.4. The molecule has 0 aliphatic rings. The second kappa shape index (κ2) is 6.72. The second-order valence-corrected chi connectivity index (χ2v) is 5.77. The molecule has 3 nitrogen and oxygen atoms in total. The van der Waals surface area contributed by atoms with E-state index in [1.807, 2.05) is 5.32 Å². The minimum Gasteiger partial charge on any atom is -0.373 e. The molecule has 0 saturated heterocycles. The minimum absolute atomic E-state index is 0.00542. The lowest BCUT2D eigenvalue weighted by Gasteiger charge is -2.25. The van der Waals surface area contributed by atoms with Crippen molar-refractivity contribution in [2.75, 3.05) is 11.1 Å². The number of rotatable bonds is 5. The summed E-state index contributed by atoms with van der Waals surface area (Å²) in [6.07, 6.45) is -3.39. The average molecular weight is 340 g/mol. The molecule has 0 heterocycles. The van der Waals surface area contributed by atoms with E-state index in [4.69, 9.17) is 11.6 Å². The average Bonchev–Trinajstić information content (AvgIpc) is 2.37. The third kappa shape index (κ3) is 4.39. The van der Waals surface area contributed by atoms with Gasteiger partial charge in [0.2, 0.25) is 5.60 Å². The number of nitrogens with one attached hydrogen (secondary N) is 1. The Morgan fingerprint density at radius 2 is 2.14 bits per heavy atom. The number of alkyl halides is 3. The molecule has 1 atom stereocenters. The highest BCUT2D eigenvalue weighted by Gasteiger charge is 2.55. The van der Waals surface area contributed by atoms with Crippen LogP contribution in [0, 0.1) is 0 Å². The third-order valence-corrected chi connectivity index (χ3v) is 3.85. The molecule has 0 saturated carbocycles. The van der Waals surface area contributed by atoms with E-state index in [-0.39, 0.29) is 10.7 Å². The van der Waals surface area contributed by atoms with Crippen LogP contribution in [0.3, 0.4) is 0 Å². The number of amides is 1. The van der Waals surface area contributed by atoms with Crippen LogP contribution in [0.4, 0.5) is 18.9 Å². The first-order chi connectivity index (χ1) is 9.59. The largest absolute Gasteiger partial charge is 0.426 e. The Morgan fingerprint density at radius 3 is 2.62 bits per heavy atom. The Morgan fingerprint density at radius 1 is 1.52 bits per heavy atom. The van der Waals surface area contributed by atoms with Gasteiger partial charge in [0.05, 0.1) is 10.7 Å². The zero-order valence-corrected chi connectivity index (χ0v) is 12.6. The molecule has 1 rings (SSSR count). The van der Waals surface area contributed by atoms with Gasteiger partial charge in [0, 0.05) is 10.6 Å². The predicted octanol–water partition coefficient (Wildman–Crippen LogP) is 3.87. The van der Waals surface area contributed by atoms with Gasteiger partial charge in [0.1, 0.15) is 0 Å². The molecule has 8 heteroatoms. The molecule has 21 heavy (non-hydrogen) atoms. The third-order valence-electron chi connectivity index (χ3n) is 2.55. The van der Waals surface area contributed by atoms with Gasteiger partial charge in [0.25, 0.3) is 5.91 Å². The zero-order valence-electron chi connectivity index (χ0n) is 11.0. The van der Waals surface area contributed by atoms with Crippen LogP contribution in [-0.4, -0.2) is 28.5 Å². The highest BCUT2D eigenvalue weighted by molar-refractivity contribution is 7.99. The number of thioether (sulfide) groups is 1. The molecule has 0 aromatic heterocycles. The molecule has 1 amide bonds. The Bertz CT molecular complexity index is 547. The van der Waals surface area contributed by atoms with Gasteiger partial charge in [0.15, 0.2) is 0 Å². The number of anilines is 1. The van der Waals surface area contributed by atoms with Crippen LogP contribution >= 0.6 is 23.4 Å². The van der Waals surface area contributed by atoms with Crippen molar-refractivity contribution in [1.29, 1.82) is 0 Å². The van der Waals surface area contributed by atoms with E-state index in [9.17, 15) is 23.1 Å². The molecule has 0 fully saturated rings. The van der Waals surface area contributed by atoms with Crippen molar-refractivity contribution in [1.82, 2.24) is 0 Å². The molecular weight excluding hydrogens is 327 g/mol. The van der Waals surface area contributed by atoms with Gasteiger partial charge in [-0.15, -0.1) is 18.3 Å². The standard InChI is InChI=1S/C13H13ClF3NO2S/c1-3-6-21-8-4-5-10(9(14)7-8)18-11(19)12(2,20)13(15,16)17/h3-5,7,20H,1,6H2,2H3,(H,18,19). The summed E-state index contributed by atoms with van der Waals surface area (Å²) >= 11 is 7.33. The van der Waals surface area contributed by atoms with Crippen LogP contribution in [0.25, 0.3) is 0 Å². The number of carbonyl (C=O) groups is 1. The quantitative estimate of drug-likeness (QED) is 0.632. The van der Waals surface area contributed by atoms with Crippen molar-refractivity contribution in [3.8, 4) is 0 Å². The van der Waals surface area contributed by atoms with Gasteiger partial charge in [-0.25, -0.2) is 0 Å². The van der Waals surface area contributed by atoms with Gasteiger partial charge in [-0.2, -0.15) is 13.2 Å².